The van der Waals surface area contributed by atoms with Crippen LogP contribution < -0.4 is 5.32 Å². The number of hydrogen-bond acceptors (Lipinski definition) is 21. The van der Waals surface area contributed by atoms with Crippen molar-refractivity contribution in [3.8, 4) is 0 Å². The first kappa shape index (κ1) is 57.2. The minimum Gasteiger partial charge on any atom is -0.466 e. The van der Waals surface area contributed by atoms with Crippen LogP contribution in [0.1, 0.15) is 92.9 Å². The van der Waals surface area contributed by atoms with Gasteiger partial charge in [0.25, 0.3) is 0 Å². The highest BCUT2D eigenvalue weighted by Gasteiger charge is 2.63. The van der Waals surface area contributed by atoms with E-state index in [4.69, 9.17) is 51.8 Å². The molecule has 1 aromatic rings. The van der Waals surface area contributed by atoms with Crippen molar-refractivity contribution in [2.45, 2.75) is 166 Å². The molecule has 0 radical (unpaired) electrons. The molecule has 2 aliphatic rings. The minimum absolute atomic E-state index is 0.0423. The molecule has 0 saturated carbocycles. The quantitative estimate of drug-likeness (QED) is 0.111. The largest absolute Gasteiger partial charge is 0.466 e. The van der Waals surface area contributed by atoms with Crippen molar-refractivity contribution in [3.63, 3.8) is 0 Å². The van der Waals surface area contributed by atoms with Crippen molar-refractivity contribution in [2.24, 2.45) is 5.92 Å². The number of carbonyl (C=O) groups excluding carboxylic acids is 9. The third kappa shape index (κ3) is 15.2. The zero-order valence-electron chi connectivity index (χ0n) is 40.9. The Balaban J connectivity index is 2.52. The number of ether oxygens (including phenoxy) is 10. The van der Waals surface area contributed by atoms with E-state index in [0.717, 1.165) is 55.6 Å². The van der Waals surface area contributed by atoms with Gasteiger partial charge in [-0.1, -0.05) is 45.9 Å². The number of benzene rings is 1. The van der Waals surface area contributed by atoms with Gasteiger partial charge in [0.15, 0.2) is 32.9 Å². The molecule has 0 bridgehead atoms. The van der Waals surface area contributed by atoms with Crippen LogP contribution in [-0.4, -0.2) is 148 Å². The summed E-state index contributed by atoms with van der Waals surface area (Å²) >= 11 is 0.560. The van der Waals surface area contributed by atoms with Gasteiger partial charge in [-0.3, -0.25) is 33.6 Å². The van der Waals surface area contributed by atoms with E-state index < -0.39 is 152 Å². The first-order valence-electron chi connectivity index (χ1n) is 21.8. The maximum atomic E-state index is 14.8. The molecule has 2 aliphatic heterocycles. The van der Waals surface area contributed by atoms with Gasteiger partial charge in [-0.05, 0) is 36.2 Å². The van der Waals surface area contributed by atoms with E-state index in [9.17, 15) is 43.2 Å². The molecule has 11 atom stereocenters. The molecule has 2 fully saturated rings. The highest BCUT2D eigenvalue weighted by Crippen LogP contribution is 2.51. The summed E-state index contributed by atoms with van der Waals surface area (Å²) in [5, 5.41) is 0.608. The van der Waals surface area contributed by atoms with E-state index in [1.54, 1.807) is 18.2 Å². The molecule has 0 unspecified atom stereocenters. The Morgan fingerprint density at radius 1 is 0.794 bits per heavy atom. The molecular weight excluding hydrogens is 935 g/mol. The van der Waals surface area contributed by atoms with Crippen LogP contribution in [0.25, 0.3) is 0 Å². The zero-order chi connectivity index (χ0) is 51.5. The Morgan fingerprint density at radius 3 is 1.88 bits per heavy atom. The van der Waals surface area contributed by atoms with Crippen LogP contribution in [0.3, 0.4) is 0 Å². The number of esters is 8. The lowest BCUT2D eigenvalue weighted by molar-refractivity contribution is -0.249. The fourth-order valence-electron chi connectivity index (χ4n) is 7.54. The standard InChI is InChI=1S/C45H65NO20SSi/c1-23(2)44(10,11)68(13,14)66-42-39(64-41(54)31-18-16-15-17-19-31)40(37(62-30(9)53)34(63-42)22-58-26(5)49)67-45(43(55)56-12)20-32(59-27(6)50)35(46-24(3)47)38(65-45)36(61-29(8)52)33(60-28(7)51)21-57-25(4)48/h15-19,23,32-40,42H,20-22H2,1-14H3,(H,46,47)/t32-,33+,34+,35+,36+,37-,38+,39+,40-,42-,45-/m0/s1. The lowest BCUT2D eigenvalue weighted by atomic mass is 9.89. The van der Waals surface area contributed by atoms with Crippen LogP contribution >= 0.6 is 11.8 Å². The van der Waals surface area contributed by atoms with Crippen molar-refractivity contribution in [2.75, 3.05) is 20.3 Å². The number of amides is 1. The summed E-state index contributed by atoms with van der Waals surface area (Å²) in [5.74, 6) is -8.08. The highest BCUT2D eigenvalue weighted by molar-refractivity contribution is 8.01. The Labute approximate surface area is 401 Å². The normalized spacial score (nSPS) is 25.9. The zero-order valence-corrected chi connectivity index (χ0v) is 42.7. The lowest BCUT2D eigenvalue weighted by Gasteiger charge is -2.53. The van der Waals surface area contributed by atoms with Crippen molar-refractivity contribution < 1.29 is 94.9 Å². The molecule has 68 heavy (non-hydrogen) atoms. The maximum Gasteiger partial charge on any atom is 0.349 e. The molecule has 380 valence electrons. The van der Waals surface area contributed by atoms with Crippen molar-refractivity contribution >= 4 is 73.7 Å². The number of carbonyl (C=O) groups is 9. The van der Waals surface area contributed by atoms with Gasteiger partial charge in [-0.25, -0.2) is 9.59 Å². The number of hydrogen-bond donors (Lipinski definition) is 1. The van der Waals surface area contributed by atoms with E-state index in [1.807, 2.05) is 40.8 Å². The van der Waals surface area contributed by atoms with E-state index in [0.29, 0.717) is 11.8 Å². The Hall–Kier alpha value is -5.10. The average molecular weight is 1000 g/mol. The summed E-state index contributed by atoms with van der Waals surface area (Å²) in [5.41, 5.74) is 0.0818. The fourth-order valence-corrected chi connectivity index (χ4v) is 11.7. The molecule has 1 amide bonds. The molecule has 21 nitrogen and oxygen atoms in total. The van der Waals surface area contributed by atoms with Crippen LogP contribution in [0.4, 0.5) is 0 Å². The molecule has 0 spiro atoms. The average Bonchev–Trinajstić information content (AvgIpc) is 3.22. The smallest absolute Gasteiger partial charge is 0.349 e. The molecule has 1 N–H and O–H groups in total. The summed E-state index contributed by atoms with van der Waals surface area (Å²) in [6.45, 7) is 18.1. The van der Waals surface area contributed by atoms with Gasteiger partial charge in [0, 0.05) is 54.9 Å². The van der Waals surface area contributed by atoms with Crippen LogP contribution in [0, 0.1) is 5.92 Å². The number of methoxy groups -OCH3 is 1. The molecule has 2 saturated heterocycles. The first-order chi connectivity index (χ1) is 31.5. The molecule has 0 aromatic heterocycles. The van der Waals surface area contributed by atoms with Gasteiger partial charge < -0.3 is 57.1 Å². The predicted molar refractivity (Wildman–Crippen MR) is 240 cm³/mol. The Kier molecular flexibility index (Phi) is 20.6. The van der Waals surface area contributed by atoms with Crippen molar-refractivity contribution in [1.82, 2.24) is 5.32 Å². The van der Waals surface area contributed by atoms with Crippen molar-refractivity contribution in [1.29, 1.82) is 0 Å². The van der Waals surface area contributed by atoms with E-state index in [2.05, 4.69) is 5.32 Å². The third-order valence-corrected chi connectivity index (χ3v) is 17.9. The molecule has 23 heteroatoms. The molecule has 3 rings (SSSR count). The molecule has 0 aliphatic carbocycles. The summed E-state index contributed by atoms with van der Waals surface area (Å²) in [6, 6.07) is 6.32. The molecule has 2 heterocycles. The summed E-state index contributed by atoms with van der Waals surface area (Å²) in [7, 11) is -2.03. The van der Waals surface area contributed by atoms with Crippen LogP contribution in [0.5, 0.6) is 0 Å². The van der Waals surface area contributed by atoms with Crippen molar-refractivity contribution in [3.05, 3.63) is 35.9 Å². The molecule has 1 aromatic carbocycles. The van der Waals surface area contributed by atoms with Gasteiger partial charge in [-0.2, -0.15) is 0 Å². The maximum absolute atomic E-state index is 14.8. The Bertz CT molecular complexity index is 2000. The lowest BCUT2D eigenvalue weighted by Crippen LogP contribution is -2.69. The second kappa shape index (κ2) is 24.4. The summed E-state index contributed by atoms with van der Waals surface area (Å²) in [6.07, 6.45) is -13.8. The predicted octanol–water partition coefficient (Wildman–Crippen LogP) is 3.71. The van der Waals surface area contributed by atoms with Crippen LogP contribution in [-0.2, 0) is 90.2 Å². The highest BCUT2D eigenvalue weighted by atomic mass is 32.2. The summed E-state index contributed by atoms with van der Waals surface area (Å²) < 4.78 is 65.6. The van der Waals surface area contributed by atoms with E-state index in [-0.39, 0.29) is 11.5 Å². The first-order valence-corrected chi connectivity index (χ1v) is 25.6. The van der Waals surface area contributed by atoms with Gasteiger partial charge in [0.1, 0.15) is 37.6 Å². The summed E-state index contributed by atoms with van der Waals surface area (Å²) in [4.78, 5) is 116. The van der Waals surface area contributed by atoms with Gasteiger partial charge in [-0.15, -0.1) is 11.8 Å². The van der Waals surface area contributed by atoms with Crippen LogP contribution in [0.15, 0.2) is 30.3 Å². The van der Waals surface area contributed by atoms with Gasteiger partial charge in [0.2, 0.25) is 10.8 Å². The topological polar surface area (TPSA) is 267 Å². The van der Waals surface area contributed by atoms with E-state index in [1.165, 1.54) is 12.1 Å². The minimum atomic E-state index is -3.04. The fraction of sp³-hybridized carbons (Fsp3) is 0.667. The molecular formula is C45H65NO20SSi. The van der Waals surface area contributed by atoms with Crippen LogP contribution in [0.2, 0.25) is 18.1 Å². The Morgan fingerprint density at radius 2 is 1.38 bits per heavy atom. The SMILES string of the molecule is COC(=O)[C@@]1(S[C@H]2[C@@H](OC(C)=O)[C@@H](COC(C)=O)O[C@@H](O[Si](C)(C)C(C)(C)C(C)C)[C@@H]2OC(=O)c2ccccc2)C[C@H](OC(C)=O)[C@@H](NC(C)=O)[C@H]([C@H](OC(C)=O)[C@@H](COC(C)=O)OC(C)=O)O1. The second-order valence-corrected chi connectivity index (χ2v) is 23.7. The van der Waals surface area contributed by atoms with Gasteiger partial charge in [0.05, 0.1) is 24.0 Å². The van der Waals surface area contributed by atoms with Gasteiger partial charge >= 0.3 is 47.8 Å². The van der Waals surface area contributed by atoms with E-state index >= 15 is 0 Å². The third-order valence-electron chi connectivity index (χ3n) is 11.8. The monoisotopic (exact) mass is 999 g/mol. The number of thioether (sulfide) groups is 1. The second-order valence-electron chi connectivity index (χ2n) is 17.7. The number of rotatable bonds is 20. The number of nitrogens with one attached hydrogen (secondary N) is 1.